The second kappa shape index (κ2) is 5.98. The van der Waals surface area contributed by atoms with Gasteiger partial charge in [-0.05, 0) is 58.2 Å². The number of anilines is 2. The number of hydrogen-bond acceptors (Lipinski definition) is 3. The Morgan fingerprint density at radius 3 is 2.75 bits per heavy atom. The maximum Gasteiger partial charge on any atom is 0.0991 e. The number of benzene rings is 2. The maximum absolute atomic E-state index is 8.94. The molecule has 0 bridgehead atoms. The minimum Gasteiger partial charge on any atom is -0.398 e. The lowest BCUT2D eigenvalue weighted by molar-refractivity contribution is 0.918. The highest BCUT2D eigenvalue weighted by Gasteiger charge is 2.09. The van der Waals surface area contributed by atoms with E-state index in [0.717, 1.165) is 33.5 Å². The fraction of sp³-hybridized carbons (Fsp3) is 0.188. The Morgan fingerprint density at radius 2 is 2.05 bits per heavy atom. The van der Waals surface area contributed by atoms with Gasteiger partial charge in [-0.2, -0.15) is 5.26 Å². The minimum absolute atomic E-state index is 0.684. The molecule has 0 fully saturated rings. The molecule has 0 aliphatic carbocycles. The molecule has 4 heteroatoms. The van der Waals surface area contributed by atoms with Crippen LogP contribution in [0.3, 0.4) is 0 Å². The van der Waals surface area contributed by atoms with Gasteiger partial charge in [-0.1, -0.05) is 12.1 Å². The Morgan fingerprint density at radius 1 is 1.30 bits per heavy atom. The highest BCUT2D eigenvalue weighted by molar-refractivity contribution is 9.10. The van der Waals surface area contributed by atoms with Gasteiger partial charge in [0.2, 0.25) is 0 Å². The lowest BCUT2D eigenvalue weighted by Gasteiger charge is -2.22. The first-order valence-corrected chi connectivity index (χ1v) is 7.06. The Labute approximate surface area is 127 Å². The van der Waals surface area contributed by atoms with Gasteiger partial charge in [0.1, 0.15) is 0 Å². The molecule has 0 heterocycles. The molecule has 102 valence electrons. The number of nitrogen functional groups attached to an aromatic ring is 1. The first-order chi connectivity index (χ1) is 9.51. The van der Waals surface area contributed by atoms with Crippen LogP contribution in [0, 0.1) is 18.3 Å². The van der Waals surface area contributed by atoms with Gasteiger partial charge in [0.25, 0.3) is 0 Å². The van der Waals surface area contributed by atoms with Gasteiger partial charge in [-0.3, -0.25) is 0 Å². The van der Waals surface area contributed by atoms with Crippen molar-refractivity contribution in [3.8, 4) is 6.07 Å². The Bertz CT molecular complexity index is 674. The summed E-state index contributed by atoms with van der Waals surface area (Å²) < 4.78 is 0.972. The van der Waals surface area contributed by atoms with E-state index in [9.17, 15) is 0 Å². The van der Waals surface area contributed by atoms with Crippen molar-refractivity contribution >= 4 is 27.3 Å². The number of nitrogens with zero attached hydrogens (tertiary/aromatic N) is 2. The summed E-state index contributed by atoms with van der Waals surface area (Å²) in [4.78, 5) is 2.13. The third-order valence-electron chi connectivity index (χ3n) is 3.22. The van der Waals surface area contributed by atoms with Crippen LogP contribution >= 0.6 is 15.9 Å². The lowest BCUT2D eigenvalue weighted by Crippen LogP contribution is -2.17. The van der Waals surface area contributed by atoms with Crippen molar-refractivity contribution in [2.75, 3.05) is 17.7 Å². The first-order valence-electron chi connectivity index (χ1n) is 6.27. The number of rotatable bonds is 3. The number of halogens is 1. The van der Waals surface area contributed by atoms with Gasteiger partial charge in [-0.25, -0.2) is 0 Å². The standard InChI is InChI=1S/C16H16BrN3/c1-11-6-16(14(17)8-15(11)19)20(2)10-13-5-3-4-12(7-13)9-18/h3-8H,10,19H2,1-2H3. The van der Waals surface area contributed by atoms with Crippen LogP contribution in [-0.4, -0.2) is 7.05 Å². The number of aryl methyl sites for hydroxylation is 1. The third kappa shape index (κ3) is 3.12. The molecule has 3 nitrogen and oxygen atoms in total. The van der Waals surface area contributed by atoms with Crippen molar-refractivity contribution in [2.45, 2.75) is 13.5 Å². The van der Waals surface area contributed by atoms with Crippen molar-refractivity contribution in [1.82, 2.24) is 0 Å². The average Bonchev–Trinajstić information content (AvgIpc) is 2.43. The second-order valence-corrected chi connectivity index (χ2v) is 5.68. The molecule has 0 saturated heterocycles. The molecule has 2 N–H and O–H groups in total. The predicted octanol–water partition coefficient (Wildman–Crippen LogP) is 3.85. The largest absolute Gasteiger partial charge is 0.398 e. The van der Waals surface area contributed by atoms with Crippen molar-refractivity contribution in [3.05, 3.63) is 57.6 Å². The summed E-state index contributed by atoms with van der Waals surface area (Å²) in [6.45, 7) is 2.73. The Hall–Kier alpha value is -1.99. The molecule has 0 spiro atoms. The van der Waals surface area contributed by atoms with E-state index in [4.69, 9.17) is 11.0 Å². The molecule has 0 saturated carbocycles. The van der Waals surface area contributed by atoms with E-state index >= 15 is 0 Å². The molecule has 20 heavy (non-hydrogen) atoms. The quantitative estimate of drug-likeness (QED) is 0.870. The van der Waals surface area contributed by atoms with Crippen LogP contribution in [0.25, 0.3) is 0 Å². The average molecular weight is 330 g/mol. The summed E-state index contributed by atoms with van der Waals surface area (Å²) in [6, 6.07) is 13.8. The molecule has 0 unspecified atom stereocenters. The van der Waals surface area contributed by atoms with E-state index in [2.05, 4.69) is 33.0 Å². The number of hydrogen-bond donors (Lipinski definition) is 1. The summed E-state index contributed by atoms with van der Waals surface area (Å²) in [6.07, 6.45) is 0. The van der Waals surface area contributed by atoms with Gasteiger partial charge in [0.15, 0.2) is 0 Å². The van der Waals surface area contributed by atoms with Crippen LogP contribution in [0.15, 0.2) is 40.9 Å². The summed E-state index contributed by atoms with van der Waals surface area (Å²) in [5.41, 5.74) is 10.6. The molecule has 2 rings (SSSR count). The normalized spacial score (nSPS) is 10.1. The zero-order valence-electron chi connectivity index (χ0n) is 11.5. The van der Waals surface area contributed by atoms with E-state index in [1.54, 1.807) is 0 Å². The fourth-order valence-corrected chi connectivity index (χ4v) is 2.74. The molecule has 0 aliphatic heterocycles. The van der Waals surface area contributed by atoms with Crippen molar-refractivity contribution in [1.29, 1.82) is 5.26 Å². The van der Waals surface area contributed by atoms with E-state index in [0.29, 0.717) is 5.56 Å². The van der Waals surface area contributed by atoms with Gasteiger partial charge in [-0.15, -0.1) is 0 Å². The summed E-state index contributed by atoms with van der Waals surface area (Å²) in [5, 5.41) is 8.94. The van der Waals surface area contributed by atoms with E-state index in [1.807, 2.05) is 44.3 Å². The molecule has 2 aromatic rings. The maximum atomic E-state index is 8.94. The molecule has 0 atom stereocenters. The summed E-state index contributed by atoms with van der Waals surface area (Å²) in [7, 11) is 2.02. The second-order valence-electron chi connectivity index (χ2n) is 4.83. The van der Waals surface area contributed by atoms with Crippen molar-refractivity contribution in [3.63, 3.8) is 0 Å². The Balaban J connectivity index is 2.26. The first kappa shape index (κ1) is 14.4. The van der Waals surface area contributed by atoms with Crippen LogP contribution in [0.2, 0.25) is 0 Å². The monoisotopic (exact) mass is 329 g/mol. The van der Waals surface area contributed by atoms with Crippen LogP contribution in [-0.2, 0) is 6.54 Å². The highest BCUT2D eigenvalue weighted by atomic mass is 79.9. The van der Waals surface area contributed by atoms with Crippen LogP contribution in [0.1, 0.15) is 16.7 Å². The number of nitriles is 1. The predicted molar refractivity (Wildman–Crippen MR) is 86.6 cm³/mol. The number of nitrogens with two attached hydrogens (primary N) is 1. The fourth-order valence-electron chi connectivity index (χ4n) is 2.07. The smallest absolute Gasteiger partial charge is 0.0991 e. The molecule has 2 aromatic carbocycles. The minimum atomic E-state index is 0.684. The van der Waals surface area contributed by atoms with Crippen molar-refractivity contribution < 1.29 is 0 Å². The van der Waals surface area contributed by atoms with Gasteiger partial charge in [0, 0.05) is 23.8 Å². The summed E-state index contributed by atoms with van der Waals surface area (Å²) >= 11 is 3.55. The molecule has 0 aliphatic rings. The van der Waals surface area contributed by atoms with Crippen LogP contribution in [0.5, 0.6) is 0 Å². The molecular formula is C16H16BrN3. The zero-order chi connectivity index (χ0) is 14.7. The van der Waals surface area contributed by atoms with E-state index < -0.39 is 0 Å². The molecular weight excluding hydrogens is 314 g/mol. The van der Waals surface area contributed by atoms with Gasteiger partial charge < -0.3 is 10.6 Å². The van der Waals surface area contributed by atoms with E-state index in [1.165, 1.54) is 0 Å². The third-order valence-corrected chi connectivity index (χ3v) is 3.86. The zero-order valence-corrected chi connectivity index (χ0v) is 13.1. The topological polar surface area (TPSA) is 53.0 Å². The van der Waals surface area contributed by atoms with Gasteiger partial charge >= 0.3 is 0 Å². The molecule has 0 aromatic heterocycles. The highest BCUT2D eigenvalue weighted by Crippen LogP contribution is 2.31. The van der Waals surface area contributed by atoms with Crippen molar-refractivity contribution in [2.24, 2.45) is 0 Å². The van der Waals surface area contributed by atoms with E-state index in [-0.39, 0.29) is 0 Å². The molecule has 0 amide bonds. The molecule has 0 radical (unpaired) electrons. The van der Waals surface area contributed by atoms with Gasteiger partial charge in [0.05, 0.1) is 17.3 Å². The lowest BCUT2D eigenvalue weighted by atomic mass is 10.1. The Kier molecular flexibility index (Phi) is 4.31. The summed E-state index contributed by atoms with van der Waals surface area (Å²) in [5.74, 6) is 0. The van der Waals surface area contributed by atoms with Crippen LogP contribution in [0.4, 0.5) is 11.4 Å². The SMILES string of the molecule is Cc1cc(N(C)Cc2cccc(C#N)c2)c(Br)cc1N. The van der Waals surface area contributed by atoms with Crippen LogP contribution < -0.4 is 10.6 Å².